The van der Waals surface area contributed by atoms with E-state index in [1.807, 2.05) is 11.9 Å². The highest BCUT2D eigenvalue weighted by Gasteiger charge is 2.25. The van der Waals surface area contributed by atoms with Crippen LogP contribution >= 0.6 is 0 Å². The number of nitrogens with zero attached hydrogens (tertiary/aromatic N) is 3. The normalized spacial score (nSPS) is 16.9. The Hall–Kier alpha value is -2.14. The van der Waals surface area contributed by atoms with E-state index < -0.39 is 0 Å². The van der Waals surface area contributed by atoms with Crippen LogP contribution in [0.15, 0.2) is 24.3 Å². The third kappa shape index (κ3) is 4.78. The van der Waals surface area contributed by atoms with E-state index in [-0.39, 0.29) is 5.91 Å². The quantitative estimate of drug-likeness (QED) is 0.818. The highest BCUT2D eigenvalue weighted by Crippen LogP contribution is 2.20. The summed E-state index contributed by atoms with van der Waals surface area (Å²) >= 11 is 0. The number of nitrogens with one attached hydrogen (secondary N) is 1. The number of carbonyl (C=O) groups is 1. The first kappa shape index (κ1) is 19.6. The Morgan fingerprint density at radius 1 is 1.22 bits per heavy atom. The lowest BCUT2D eigenvalue weighted by atomic mass is 10.1. The van der Waals surface area contributed by atoms with Gasteiger partial charge in [-0.05, 0) is 64.3 Å². The van der Waals surface area contributed by atoms with Crippen LogP contribution in [-0.2, 0) is 17.8 Å². The molecule has 2 aromatic rings. The first-order valence-corrected chi connectivity index (χ1v) is 9.98. The van der Waals surface area contributed by atoms with Crippen LogP contribution in [0.25, 0.3) is 0 Å². The molecule has 1 aromatic heterocycles. The van der Waals surface area contributed by atoms with Crippen molar-refractivity contribution in [1.29, 1.82) is 0 Å². The number of aryl methyl sites for hydroxylation is 2. The Bertz CT molecular complexity index is 778. The van der Waals surface area contributed by atoms with Crippen molar-refractivity contribution in [3.63, 3.8) is 0 Å². The molecule has 3 rings (SSSR count). The van der Waals surface area contributed by atoms with Gasteiger partial charge in [0, 0.05) is 25.2 Å². The predicted octanol–water partition coefficient (Wildman–Crippen LogP) is 2.86. The van der Waals surface area contributed by atoms with Crippen LogP contribution in [0.3, 0.4) is 0 Å². The van der Waals surface area contributed by atoms with E-state index in [9.17, 15) is 4.79 Å². The minimum atomic E-state index is 0.277. The molecule has 1 unspecified atom stereocenters. The van der Waals surface area contributed by atoms with Crippen LogP contribution in [0.1, 0.15) is 40.9 Å². The molecule has 0 bridgehead atoms. The van der Waals surface area contributed by atoms with Crippen molar-refractivity contribution >= 4 is 5.91 Å². The van der Waals surface area contributed by atoms with Gasteiger partial charge in [-0.15, -0.1) is 0 Å². The molecule has 1 amide bonds. The van der Waals surface area contributed by atoms with E-state index in [1.54, 1.807) is 0 Å². The van der Waals surface area contributed by atoms with Crippen molar-refractivity contribution < 1.29 is 4.79 Å². The van der Waals surface area contributed by atoms with Gasteiger partial charge in [-0.1, -0.05) is 29.8 Å². The highest BCUT2D eigenvalue weighted by atomic mass is 16.2. The van der Waals surface area contributed by atoms with Gasteiger partial charge in [-0.25, -0.2) is 0 Å². The largest absolute Gasteiger partial charge is 0.342 e. The van der Waals surface area contributed by atoms with Crippen LogP contribution in [0.2, 0.25) is 0 Å². The van der Waals surface area contributed by atoms with Crippen LogP contribution in [0.4, 0.5) is 0 Å². The molecule has 146 valence electrons. The Balaban J connectivity index is 1.60. The van der Waals surface area contributed by atoms with Gasteiger partial charge in [0.1, 0.15) is 0 Å². The third-order valence-corrected chi connectivity index (χ3v) is 5.70. The molecular weight excluding hydrogens is 336 g/mol. The van der Waals surface area contributed by atoms with Crippen LogP contribution in [-0.4, -0.2) is 47.3 Å². The third-order valence-electron chi connectivity index (χ3n) is 5.70. The number of carbonyl (C=O) groups excluding carboxylic acids is 1. The predicted molar refractivity (Wildman–Crippen MR) is 109 cm³/mol. The molecule has 2 heterocycles. The van der Waals surface area contributed by atoms with Crippen LogP contribution in [0, 0.1) is 26.7 Å². The second kappa shape index (κ2) is 8.70. The molecule has 0 aliphatic carbocycles. The van der Waals surface area contributed by atoms with Crippen molar-refractivity contribution in [2.75, 3.05) is 26.7 Å². The van der Waals surface area contributed by atoms with Crippen molar-refractivity contribution in [3.05, 3.63) is 52.3 Å². The Morgan fingerprint density at radius 3 is 2.67 bits per heavy atom. The lowest BCUT2D eigenvalue weighted by molar-refractivity contribution is -0.130. The zero-order valence-corrected chi connectivity index (χ0v) is 17.1. The summed E-state index contributed by atoms with van der Waals surface area (Å²) in [5, 5.41) is 7.94. The molecule has 0 radical (unpaired) electrons. The summed E-state index contributed by atoms with van der Waals surface area (Å²) in [6.07, 6.45) is 2.46. The van der Waals surface area contributed by atoms with E-state index >= 15 is 0 Å². The highest BCUT2D eigenvalue weighted by molar-refractivity contribution is 5.76. The lowest BCUT2D eigenvalue weighted by Crippen LogP contribution is -2.30. The molecule has 1 fully saturated rings. The van der Waals surface area contributed by atoms with Gasteiger partial charge in [-0.3, -0.25) is 9.48 Å². The molecule has 27 heavy (non-hydrogen) atoms. The molecule has 1 saturated heterocycles. The summed E-state index contributed by atoms with van der Waals surface area (Å²) in [5.74, 6) is 0.873. The van der Waals surface area contributed by atoms with Gasteiger partial charge >= 0.3 is 0 Å². The SMILES string of the molecule is CNCC1CCN(C(=O)CCc2c(C)nn(Cc3ccc(C)cc3)c2C)C1. The molecule has 1 atom stereocenters. The first-order valence-electron chi connectivity index (χ1n) is 9.98. The maximum absolute atomic E-state index is 12.6. The van der Waals surface area contributed by atoms with Crippen LogP contribution in [0.5, 0.6) is 0 Å². The van der Waals surface area contributed by atoms with Crippen molar-refractivity contribution in [2.45, 2.75) is 46.6 Å². The van der Waals surface area contributed by atoms with Gasteiger partial charge in [0.25, 0.3) is 0 Å². The van der Waals surface area contributed by atoms with Gasteiger partial charge in [-0.2, -0.15) is 5.10 Å². The number of benzene rings is 1. The lowest BCUT2D eigenvalue weighted by Gasteiger charge is -2.16. The molecule has 5 nitrogen and oxygen atoms in total. The van der Waals surface area contributed by atoms with Gasteiger partial charge < -0.3 is 10.2 Å². The number of rotatable bonds is 7. The van der Waals surface area contributed by atoms with E-state index in [1.165, 1.54) is 22.4 Å². The molecule has 5 heteroatoms. The van der Waals surface area contributed by atoms with Crippen LogP contribution < -0.4 is 5.32 Å². The minimum absolute atomic E-state index is 0.277. The van der Waals surface area contributed by atoms with E-state index in [0.717, 1.165) is 44.7 Å². The number of aromatic nitrogens is 2. The molecule has 0 saturated carbocycles. The Morgan fingerprint density at radius 2 is 1.96 bits per heavy atom. The average molecular weight is 369 g/mol. The first-order chi connectivity index (χ1) is 13.0. The number of amides is 1. The standard InChI is InChI=1S/C22H32N4O/c1-16-5-7-19(8-6-16)15-26-18(3)21(17(2)24-26)9-10-22(27)25-12-11-20(14-25)13-23-4/h5-8,20,23H,9-15H2,1-4H3. The maximum atomic E-state index is 12.6. The number of hydrogen-bond acceptors (Lipinski definition) is 3. The second-order valence-electron chi connectivity index (χ2n) is 7.84. The topological polar surface area (TPSA) is 50.2 Å². The average Bonchev–Trinajstić information content (AvgIpc) is 3.21. The van der Waals surface area contributed by atoms with Crippen molar-refractivity contribution in [3.8, 4) is 0 Å². The Kier molecular flexibility index (Phi) is 6.32. The molecule has 1 N–H and O–H groups in total. The van der Waals surface area contributed by atoms with E-state index in [4.69, 9.17) is 5.10 Å². The summed E-state index contributed by atoms with van der Waals surface area (Å²) in [5.41, 5.74) is 5.96. The Labute approximate surface area is 162 Å². The molecule has 1 aliphatic rings. The zero-order chi connectivity index (χ0) is 19.4. The summed E-state index contributed by atoms with van der Waals surface area (Å²) < 4.78 is 2.07. The maximum Gasteiger partial charge on any atom is 0.222 e. The summed E-state index contributed by atoms with van der Waals surface area (Å²) in [7, 11) is 1.98. The smallest absolute Gasteiger partial charge is 0.222 e. The molecular formula is C22H32N4O. The van der Waals surface area contributed by atoms with Gasteiger partial charge in [0.15, 0.2) is 0 Å². The number of likely N-dealkylation sites (tertiary alicyclic amines) is 1. The fraction of sp³-hybridized carbons (Fsp3) is 0.545. The monoisotopic (exact) mass is 368 g/mol. The summed E-state index contributed by atoms with van der Waals surface area (Å²) in [6.45, 7) is 9.83. The summed E-state index contributed by atoms with van der Waals surface area (Å²) in [6, 6.07) is 8.59. The fourth-order valence-corrected chi connectivity index (χ4v) is 4.02. The minimum Gasteiger partial charge on any atom is -0.342 e. The summed E-state index contributed by atoms with van der Waals surface area (Å²) in [4.78, 5) is 14.6. The van der Waals surface area contributed by atoms with E-state index in [0.29, 0.717) is 12.3 Å². The van der Waals surface area contributed by atoms with Gasteiger partial charge in [0.2, 0.25) is 5.91 Å². The number of hydrogen-bond donors (Lipinski definition) is 1. The zero-order valence-electron chi connectivity index (χ0n) is 17.1. The fourth-order valence-electron chi connectivity index (χ4n) is 4.02. The molecule has 0 spiro atoms. The second-order valence-corrected chi connectivity index (χ2v) is 7.84. The van der Waals surface area contributed by atoms with Crippen molar-refractivity contribution in [2.24, 2.45) is 5.92 Å². The molecule has 1 aliphatic heterocycles. The van der Waals surface area contributed by atoms with Crippen molar-refractivity contribution in [1.82, 2.24) is 20.0 Å². The van der Waals surface area contributed by atoms with E-state index in [2.05, 4.69) is 55.0 Å². The van der Waals surface area contributed by atoms with Gasteiger partial charge in [0.05, 0.1) is 12.2 Å². The molecule has 1 aromatic carbocycles.